The highest BCUT2D eigenvalue weighted by Crippen LogP contribution is 2.28. The van der Waals surface area contributed by atoms with Crippen LogP contribution in [-0.4, -0.2) is 21.9 Å². The molecule has 0 bridgehead atoms. The van der Waals surface area contributed by atoms with Crippen molar-refractivity contribution < 1.29 is 4.92 Å². The Morgan fingerprint density at radius 3 is 2.74 bits per heavy atom. The summed E-state index contributed by atoms with van der Waals surface area (Å²) in [5, 5.41) is 11.0. The van der Waals surface area contributed by atoms with Gasteiger partial charge in [0.1, 0.15) is 0 Å². The molecule has 0 spiro atoms. The molecule has 0 fully saturated rings. The largest absolute Gasteiger partial charge is 0.350 e. The zero-order valence-corrected chi connectivity index (χ0v) is 11.7. The second kappa shape index (κ2) is 5.75. The van der Waals surface area contributed by atoms with Gasteiger partial charge in [0.05, 0.1) is 4.92 Å². The van der Waals surface area contributed by atoms with E-state index in [-0.39, 0.29) is 5.69 Å². The van der Waals surface area contributed by atoms with Gasteiger partial charge in [0.15, 0.2) is 0 Å². The van der Waals surface area contributed by atoms with Crippen LogP contribution in [0.1, 0.15) is 5.56 Å². The van der Waals surface area contributed by atoms with Crippen molar-refractivity contribution in [2.45, 2.75) is 6.54 Å². The van der Waals surface area contributed by atoms with Crippen LogP contribution in [-0.2, 0) is 6.54 Å². The molecule has 0 saturated heterocycles. The van der Waals surface area contributed by atoms with Crippen LogP contribution in [0.25, 0.3) is 0 Å². The van der Waals surface area contributed by atoms with Crippen LogP contribution in [0.5, 0.6) is 0 Å². The van der Waals surface area contributed by atoms with Gasteiger partial charge in [-0.15, -0.1) is 0 Å². The highest BCUT2D eigenvalue weighted by atomic mass is 79.9. The van der Waals surface area contributed by atoms with Gasteiger partial charge in [0.2, 0.25) is 5.82 Å². The molecule has 0 aliphatic carbocycles. The zero-order valence-electron chi connectivity index (χ0n) is 10.2. The molecule has 0 amide bonds. The second-order valence-corrected chi connectivity index (χ2v) is 4.88. The summed E-state index contributed by atoms with van der Waals surface area (Å²) in [6.07, 6.45) is 4.92. The molecule has 0 aromatic carbocycles. The Labute approximate surface area is 118 Å². The molecule has 0 saturated carbocycles. The molecule has 0 N–H and O–H groups in total. The molecule has 0 aliphatic rings. The van der Waals surface area contributed by atoms with Gasteiger partial charge in [0.25, 0.3) is 0 Å². The number of nitro groups is 1. The first-order valence-electron chi connectivity index (χ1n) is 5.48. The van der Waals surface area contributed by atoms with Crippen LogP contribution < -0.4 is 4.90 Å². The average Bonchev–Trinajstić information content (AvgIpc) is 2.39. The van der Waals surface area contributed by atoms with Crippen LogP contribution in [0.3, 0.4) is 0 Å². The Balaban J connectivity index is 2.28. The number of nitrogens with zero attached hydrogens (tertiary/aromatic N) is 4. The molecular weight excluding hydrogens is 312 g/mol. The van der Waals surface area contributed by atoms with Gasteiger partial charge < -0.3 is 4.90 Å². The third-order valence-corrected chi connectivity index (χ3v) is 2.97. The second-order valence-electron chi connectivity index (χ2n) is 3.96. The minimum atomic E-state index is -0.434. The Kier molecular flexibility index (Phi) is 4.06. The molecule has 2 rings (SSSR count). The maximum absolute atomic E-state index is 11.0. The maximum atomic E-state index is 11.0. The third kappa shape index (κ3) is 3.25. The molecule has 0 aliphatic heterocycles. The fraction of sp³-hybridized carbons (Fsp3) is 0.167. The number of hydrogen-bond acceptors (Lipinski definition) is 5. The highest BCUT2D eigenvalue weighted by molar-refractivity contribution is 9.10. The number of hydrogen-bond donors (Lipinski definition) is 0. The van der Waals surface area contributed by atoms with Crippen LogP contribution >= 0.6 is 15.9 Å². The van der Waals surface area contributed by atoms with Crippen LogP contribution in [0.4, 0.5) is 11.5 Å². The van der Waals surface area contributed by atoms with E-state index in [0.29, 0.717) is 16.8 Å². The smallest absolute Gasteiger partial charge is 0.312 e. The summed E-state index contributed by atoms with van der Waals surface area (Å²) in [7, 11) is 1.77. The first-order chi connectivity index (χ1) is 9.08. The minimum Gasteiger partial charge on any atom is -0.350 e. The van der Waals surface area contributed by atoms with Gasteiger partial charge in [-0.3, -0.25) is 15.1 Å². The quantitative estimate of drug-likeness (QED) is 0.639. The molecular formula is C12H11BrN4O2. The molecule has 19 heavy (non-hydrogen) atoms. The van der Waals surface area contributed by atoms with Crippen molar-refractivity contribution in [2.24, 2.45) is 0 Å². The summed E-state index contributed by atoms with van der Waals surface area (Å²) in [5.41, 5.74) is 0.988. The average molecular weight is 323 g/mol. The molecule has 98 valence electrons. The van der Waals surface area contributed by atoms with E-state index in [1.807, 2.05) is 12.1 Å². The van der Waals surface area contributed by atoms with E-state index in [2.05, 4.69) is 25.9 Å². The molecule has 6 nitrogen and oxygen atoms in total. The van der Waals surface area contributed by atoms with Gasteiger partial charge in [-0.05, 0) is 33.6 Å². The Bertz CT molecular complexity index is 592. The topological polar surface area (TPSA) is 72.2 Å². The summed E-state index contributed by atoms with van der Waals surface area (Å²) in [5.74, 6) is 0.338. The molecule has 0 radical (unpaired) electrons. The summed E-state index contributed by atoms with van der Waals surface area (Å²) < 4.78 is 0.584. The van der Waals surface area contributed by atoms with Gasteiger partial charge in [0, 0.05) is 42.7 Å². The lowest BCUT2D eigenvalue weighted by atomic mass is 10.2. The van der Waals surface area contributed by atoms with E-state index < -0.39 is 4.92 Å². The van der Waals surface area contributed by atoms with Crippen LogP contribution in [0.15, 0.2) is 41.3 Å². The predicted molar refractivity (Wildman–Crippen MR) is 74.9 cm³/mol. The van der Waals surface area contributed by atoms with Gasteiger partial charge >= 0.3 is 5.69 Å². The third-order valence-electron chi connectivity index (χ3n) is 2.54. The predicted octanol–water partition coefficient (Wildman–Crippen LogP) is 2.78. The molecule has 2 aromatic rings. The summed E-state index contributed by atoms with van der Waals surface area (Å²) >= 11 is 3.19. The number of pyridine rings is 2. The molecule has 2 aromatic heterocycles. The van der Waals surface area contributed by atoms with Crippen molar-refractivity contribution in [2.75, 3.05) is 11.9 Å². The fourth-order valence-electron chi connectivity index (χ4n) is 1.69. The first kappa shape index (κ1) is 13.4. The van der Waals surface area contributed by atoms with E-state index in [4.69, 9.17) is 0 Å². The highest BCUT2D eigenvalue weighted by Gasteiger charge is 2.19. The summed E-state index contributed by atoms with van der Waals surface area (Å²) in [6.45, 7) is 0.526. The molecule has 2 heterocycles. The Hall–Kier alpha value is -2.02. The van der Waals surface area contributed by atoms with E-state index in [1.165, 1.54) is 6.07 Å². The standard InChI is InChI=1S/C12H11BrN4O2/c1-16(8-9-2-4-14-5-3-9)12-11(17(18)19)6-10(13)7-15-12/h2-7H,8H2,1H3. The van der Waals surface area contributed by atoms with Crippen LogP contribution in [0.2, 0.25) is 0 Å². The Morgan fingerprint density at radius 2 is 2.11 bits per heavy atom. The van der Waals surface area contributed by atoms with Crippen molar-refractivity contribution >= 4 is 27.4 Å². The van der Waals surface area contributed by atoms with E-state index in [9.17, 15) is 10.1 Å². The SMILES string of the molecule is CN(Cc1ccncc1)c1ncc(Br)cc1[N+](=O)[O-]. The van der Waals surface area contributed by atoms with Crippen molar-refractivity contribution in [3.05, 3.63) is 56.9 Å². The van der Waals surface area contributed by atoms with E-state index in [1.54, 1.807) is 30.5 Å². The normalized spacial score (nSPS) is 10.2. The lowest BCUT2D eigenvalue weighted by Crippen LogP contribution is -2.19. The fourth-order valence-corrected chi connectivity index (χ4v) is 2.01. The number of anilines is 1. The van der Waals surface area contributed by atoms with Crippen molar-refractivity contribution in [1.82, 2.24) is 9.97 Å². The zero-order chi connectivity index (χ0) is 13.8. The lowest BCUT2D eigenvalue weighted by molar-refractivity contribution is -0.384. The van der Waals surface area contributed by atoms with E-state index >= 15 is 0 Å². The summed E-state index contributed by atoms with van der Waals surface area (Å²) in [6, 6.07) is 5.17. The van der Waals surface area contributed by atoms with Crippen molar-refractivity contribution in [3.63, 3.8) is 0 Å². The van der Waals surface area contributed by atoms with Gasteiger partial charge in [-0.2, -0.15) is 0 Å². The molecule has 0 unspecified atom stereocenters. The number of aromatic nitrogens is 2. The lowest BCUT2D eigenvalue weighted by Gasteiger charge is -2.17. The first-order valence-corrected chi connectivity index (χ1v) is 6.27. The minimum absolute atomic E-state index is 0.0223. The van der Waals surface area contributed by atoms with Gasteiger partial charge in [-0.1, -0.05) is 0 Å². The monoisotopic (exact) mass is 322 g/mol. The number of rotatable bonds is 4. The Morgan fingerprint density at radius 1 is 1.42 bits per heavy atom. The van der Waals surface area contributed by atoms with E-state index in [0.717, 1.165) is 5.56 Å². The van der Waals surface area contributed by atoms with Gasteiger partial charge in [-0.25, -0.2) is 4.98 Å². The maximum Gasteiger partial charge on any atom is 0.312 e. The number of halogens is 1. The molecule has 0 atom stereocenters. The molecule has 7 heteroatoms. The summed E-state index contributed by atoms with van der Waals surface area (Å²) in [4.78, 5) is 20.4. The van der Waals surface area contributed by atoms with Crippen molar-refractivity contribution in [3.8, 4) is 0 Å². The van der Waals surface area contributed by atoms with Crippen molar-refractivity contribution in [1.29, 1.82) is 0 Å². The van der Waals surface area contributed by atoms with Crippen LogP contribution in [0, 0.1) is 10.1 Å².